The quantitative estimate of drug-likeness (QED) is 0.305. The number of nitrogens with one attached hydrogen (secondary N) is 3. The Labute approximate surface area is 246 Å². The van der Waals surface area contributed by atoms with Crippen molar-refractivity contribution in [3.05, 3.63) is 0 Å². The maximum atomic E-state index is 14.2. The Balaban J connectivity index is 1.54. The average Bonchev–Trinajstić information content (AvgIpc) is 3.29. The molecule has 4 rings (SSSR count). The lowest BCUT2D eigenvalue weighted by Crippen LogP contribution is -2.59. The highest BCUT2D eigenvalue weighted by Crippen LogP contribution is 2.39. The zero-order chi connectivity index (χ0) is 30.7. The molecule has 234 valence electrons. The normalized spacial score (nSPS) is 26.7. The number of Topliss-reactive ketones (excluding diaryl/α,β-unsaturated/α-hetero) is 1. The number of ether oxygens (including phenoxy) is 2. The molecule has 1 aliphatic carbocycles. The zero-order valence-electron chi connectivity index (χ0n) is 25.3. The number of carbonyl (C=O) groups is 5. The van der Waals surface area contributed by atoms with Gasteiger partial charge in [0.2, 0.25) is 17.6 Å². The number of hydrogen-bond donors (Lipinski definition) is 3. The summed E-state index contributed by atoms with van der Waals surface area (Å²) in [5, 5.41) is 12.4. The molecule has 3 heterocycles. The fraction of sp³-hybridized carbons (Fsp3) is 0.793. The van der Waals surface area contributed by atoms with Crippen LogP contribution in [0.5, 0.6) is 0 Å². The summed E-state index contributed by atoms with van der Waals surface area (Å²) in [6.45, 7) is 10.1. The maximum absolute atomic E-state index is 14.2. The SMILES string of the molecule is CCC[C@H](NC(=O)[C@@H]1CC2(CC(CC)=NO2)CN1C(=O)[C@@H](NC(=O)O[C@H]1CCOC1)C(C)(C)C)C(=O)C(=O)NC1CC1. The van der Waals surface area contributed by atoms with Gasteiger partial charge in [-0.1, -0.05) is 46.2 Å². The van der Waals surface area contributed by atoms with E-state index in [1.165, 1.54) is 4.90 Å². The van der Waals surface area contributed by atoms with Crippen LogP contribution in [0.25, 0.3) is 0 Å². The Bertz CT molecular complexity index is 1090. The van der Waals surface area contributed by atoms with E-state index in [0.717, 1.165) is 18.6 Å². The van der Waals surface area contributed by atoms with E-state index in [1.807, 2.05) is 34.6 Å². The first-order chi connectivity index (χ1) is 19.9. The van der Waals surface area contributed by atoms with Crippen molar-refractivity contribution < 1.29 is 38.3 Å². The van der Waals surface area contributed by atoms with Gasteiger partial charge in [-0.05, 0) is 31.1 Å². The number of nitrogens with zero attached hydrogens (tertiary/aromatic N) is 2. The Kier molecular flexibility index (Phi) is 9.79. The van der Waals surface area contributed by atoms with E-state index in [-0.39, 0.29) is 25.4 Å². The molecule has 4 aliphatic rings. The third-order valence-corrected chi connectivity index (χ3v) is 8.17. The summed E-state index contributed by atoms with van der Waals surface area (Å²) in [5.41, 5.74) is -0.810. The smallest absolute Gasteiger partial charge is 0.408 e. The van der Waals surface area contributed by atoms with Crippen molar-refractivity contribution in [2.24, 2.45) is 10.6 Å². The van der Waals surface area contributed by atoms with Crippen LogP contribution in [0.15, 0.2) is 5.16 Å². The van der Waals surface area contributed by atoms with Crippen LogP contribution < -0.4 is 16.0 Å². The number of carbonyl (C=O) groups excluding carboxylic acids is 5. The van der Waals surface area contributed by atoms with Crippen molar-refractivity contribution in [2.75, 3.05) is 19.8 Å². The molecule has 0 bridgehead atoms. The van der Waals surface area contributed by atoms with Gasteiger partial charge < -0.3 is 35.2 Å². The molecule has 1 unspecified atom stereocenters. The Morgan fingerprint density at radius 3 is 2.43 bits per heavy atom. The molecule has 3 aliphatic heterocycles. The van der Waals surface area contributed by atoms with E-state index in [0.29, 0.717) is 38.9 Å². The van der Waals surface area contributed by atoms with Crippen LogP contribution in [0.3, 0.4) is 0 Å². The number of rotatable bonds is 11. The number of amides is 4. The van der Waals surface area contributed by atoms with E-state index in [2.05, 4.69) is 21.1 Å². The molecule has 0 aromatic heterocycles. The molecule has 1 saturated carbocycles. The van der Waals surface area contributed by atoms with E-state index < -0.39 is 64.8 Å². The summed E-state index contributed by atoms with van der Waals surface area (Å²) in [7, 11) is 0. The Morgan fingerprint density at radius 2 is 1.86 bits per heavy atom. The van der Waals surface area contributed by atoms with Gasteiger partial charge >= 0.3 is 6.09 Å². The predicted molar refractivity (Wildman–Crippen MR) is 151 cm³/mol. The maximum Gasteiger partial charge on any atom is 0.408 e. The van der Waals surface area contributed by atoms with Gasteiger partial charge in [0.1, 0.15) is 18.2 Å². The first-order valence-corrected chi connectivity index (χ1v) is 15.1. The van der Waals surface area contributed by atoms with E-state index >= 15 is 0 Å². The second kappa shape index (κ2) is 13.0. The monoisotopic (exact) mass is 591 g/mol. The number of likely N-dealkylation sites (tertiary alicyclic amines) is 1. The molecule has 1 spiro atoms. The van der Waals surface area contributed by atoms with Crippen molar-refractivity contribution in [1.82, 2.24) is 20.9 Å². The van der Waals surface area contributed by atoms with Crippen LogP contribution in [0, 0.1) is 5.41 Å². The van der Waals surface area contributed by atoms with Crippen LogP contribution in [-0.2, 0) is 33.5 Å². The molecule has 13 heteroatoms. The minimum Gasteiger partial charge on any atom is -0.444 e. The van der Waals surface area contributed by atoms with Gasteiger partial charge in [0, 0.05) is 25.3 Å². The Morgan fingerprint density at radius 1 is 1.12 bits per heavy atom. The fourth-order valence-corrected chi connectivity index (χ4v) is 5.59. The van der Waals surface area contributed by atoms with Crippen LogP contribution >= 0.6 is 0 Å². The molecule has 3 fully saturated rings. The topological polar surface area (TPSA) is 165 Å². The second-order valence-corrected chi connectivity index (χ2v) is 12.9. The molecular weight excluding hydrogens is 546 g/mol. The predicted octanol–water partition coefficient (Wildman–Crippen LogP) is 1.57. The third kappa shape index (κ3) is 7.59. The van der Waals surface area contributed by atoms with E-state index in [4.69, 9.17) is 14.3 Å². The van der Waals surface area contributed by atoms with Crippen molar-refractivity contribution in [3.8, 4) is 0 Å². The highest BCUT2D eigenvalue weighted by molar-refractivity contribution is 6.38. The van der Waals surface area contributed by atoms with Crippen molar-refractivity contribution >= 4 is 35.3 Å². The van der Waals surface area contributed by atoms with Crippen LogP contribution in [0.2, 0.25) is 0 Å². The van der Waals surface area contributed by atoms with Crippen molar-refractivity contribution in [3.63, 3.8) is 0 Å². The van der Waals surface area contributed by atoms with E-state index in [1.54, 1.807) is 0 Å². The van der Waals surface area contributed by atoms with Gasteiger partial charge in [-0.25, -0.2) is 4.79 Å². The summed E-state index contributed by atoms with van der Waals surface area (Å²) in [4.78, 5) is 73.5. The number of ketones is 1. The summed E-state index contributed by atoms with van der Waals surface area (Å²) in [6, 6.07) is -3.05. The molecular formula is C29H45N5O8. The van der Waals surface area contributed by atoms with Gasteiger partial charge in [-0.3, -0.25) is 19.2 Å². The average molecular weight is 592 g/mol. The molecule has 0 aromatic carbocycles. The molecule has 42 heavy (non-hydrogen) atoms. The van der Waals surface area contributed by atoms with Crippen LogP contribution in [0.1, 0.15) is 86.0 Å². The van der Waals surface area contributed by atoms with Gasteiger partial charge in [0.05, 0.1) is 31.5 Å². The summed E-state index contributed by atoms with van der Waals surface area (Å²) in [6.07, 6.45) is 3.21. The molecule has 3 N–H and O–H groups in total. The van der Waals surface area contributed by atoms with Crippen molar-refractivity contribution in [1.29, 1.82) is 0 Å². The van der Waals surface area contributed by atoms with Crippen LogP contribution in [0.4, 0.5) is 4.79 Å². The molecule has 0 radical (unpaired) electrons. The lowest BCUT2D eigenvalue weighted by molar-refractivity contribution is -0.144. The van der Waals surface area contributed by atoms with Gasteiger partial charge in [0.25, 0.3) is 5.91 Å². The Hall–Kier alpha value is -3.22. The molecule has 0 aromatic rings. The molecule has 13 nitrogen and oxygen atoms in total. The third-order valence-electron chi connectivity index (χ3n) is 8.17. The largest absolute Gasteiger partial charge is 0.444 e. The minimum absolute atomic E-state index is 0.00391. The molecule has 5 atom stereocenters. The number of alkyl carbamates (subject to hydrolysis) is 1. The van der Waals surface area contributed by atoms with Gasteiger partial charge in [0.15, 0.2) is 5.60 Å². The lowest BCUT2D eigenvalue weighted by Gasteiger charge is -2.35. The minimum atomic E-state index is -1.03. The van der Waals surface area contributed by atoms with E-state index in [9.17, 15) is 24.0 Å². The zero-order valence-corrected chi connectivity index (χ0v) is 25.3. The van der Waals surface area contributed by atoms with Crippen LogP contribution in [-0.4, -0.2) is 95.8 Å². The molecule has 2 saturated heterocycles. The standard InChI is InChI=1S/C29H45N5O8/c1-6-8-20(22(35)25(37)30-18-9-10-18)31-24(36)21-14-29(13-17(7-2)33-42-29)16-34(21)26(38)23(28(3,4)5)32-27(39)41-19-11-12-40-15-19/h18-21,23H,6-16H2,1-5H3,(H,30,37)(H,31,36)(H,32,39)/t19-,20-,21-,23+,29?/m0/s1. The second-order valence-electron chi connectivity index (χ2n) is 12.9. The lowest BCUT2D eigenvalue weighted by atomic mass is 9.85. The highest BCUT2D eigenvalue weighted by Gasteiger charge is 2.55. The highest BCUT2D eigenvalue weighted by atomic mass is 16.7. The van der Waals surface area contributed by atoms with Crippen molar-refractivity contribution in [2.45, 2.75) is 122 Å². The summed E-state index contributed by atoms with van der Waals surface area (Å²) in [5.74, 6) is -2.45. The summed E-state index contributed by atoms with van der Waals surface area (Å²) >= 11 is 0. The molecule has 4 amide bonds. The number of hydrogen-bond acceptors (Lipinski definition) is 9. The summed E-state index contributed by atoms with van der Waals surface area (Å²) < 4.78 is 10.7. The first-order valence-electron chi connectivity index (χ1n) is 15.1. The first kappa shape index (κ1) is 31.7. The van der Waals surface area contributed by atoms with Gasteiger partial charge in [-0.2, -0.15) is 0 Å². The fourth-order valence-electron chi connectivity index (χ4n) is 5.59. The van der Waals surface area contributed by atoms with Gasteiger partial charge in [-0.15, -0.1) is 0 Å². The number of oxime groups is 1.